The fourth-order valence-electron chi connectivity index (χ4n) is 2.32. The van der Waals surface area contributed by atoms with Gasteiger partial charge in [0, 0.05) is 19.1 Å². The van der Waals surface area contributed by atoms with Gasteiger partial charge in [-0.1, -0.05) is 15.9 Å². The second-order valence-corrected chi connectivity index (χ2v) is 6.86. The van der Waals surface area contributed by atoms with E-state index >= 15 is 0 Å². The van der Waals surface area contributed by atoms with Crippen molar-refractivity contribution in [2.24, 2.45) is 0 Å². The first-order valence-electron chi connectivity index (χ1n) is 6.69. The summed E-state index contributed by atoms with van der Waals surface area (Å²) in [5.41, 5.74) is 0. The van der Waals surface area contributed by atoms with Crippen LogP contribution in [-0.2, 0) is 4.79 Å². The van der Waals surface area contributed by atoms with E-state index in [-0.39, 0.29) is 10.7 Å². The van der Waals surface area contributed by atoms with E-state index in [9.17, 15) is 4.79 Å². The summed E-state index contributed by atoms with van der Waals surface area (Å²) in [6.45, 7) is 5.86. The molecule has 1 aliphatic rings. The zero-order valence-corrected chi connectivity index (χ0v) is 13.6. The molecule has 0 aromatic carbocycles. The summed E-state index contributed by atoms with van der Waals surface area (Å²) in [5, 5.41) is 0. The number of halogens is 1. The number of hydrogen-bond acceptors (Lipinski definition) is 3. The SMILES string of the molecule is CC(Br)C(=O)N(CCN(C)C)C1CCN(C)CC1. The maximum atomic E-state index is 12.3. The molecule has 4 nitrogen and oxygen atoms in total. The average Bonchev–Trinajstić information content (AvgIpc) is 2.30. The van der Waals surface area contributed by atoms with E-state index in [1.807, 2.05) is 6.92 Å². The molecule has 0 bridgehead atoms. The van der Waals surface area contributed by atoms with E-state index in [1.54, 1.807) is 0 Å². The van der Waals surface area contributed by atoms with Crippen molar-refractivity contribution in [3.8, 4) is 0 Å². The van der Waals surface area contributed by atoms with Gasteiger partial charge in [-0.05, 0) is 54.0 Å². The summed E-state index contributed by atoms with van der Waals surface area (Å²) < 4.78 is 0. The molecule has 106 valence electrons. The number of rotatable bonds is 5. The second kappa shape index (κ2) is 7.46. The topological polar surface area (TPSA) is 26.8 Å². The average molecular weight is 320 g/mol. The van der Waals surface area contributed by atoms with Gasteiger partial charge in [0.05, 0.1) is 4.83 Å². The summed E-state index contributed by atoms with van der Waals surface area (Å²) in [6, 6.07) is 0.411. The third kappa shape index (κ3) is 4.86. The molecule has 0 aliphatic carbocycles. The summed E-state index contributed by atoms with van der Waals surface area (Å²) in [5.74, 6) is 0.228. The predicted octanol–water partition coefficient (Wildman–Crippen LogP) is 1.25. The van der Waals surface area contributed by atoms with Crippen molar-refractivity contribution in [2.75, 3.05) is 47.3 Å². The fourth-order valence-corrected chi connectivity index (χ4v) is 2.58. The second-order valence-electron chi connectivity index (χ2n) is 5.49. The van der Waals surface area contributed by atoms with E-state index < -0.39 is 0 Å². The molecule has 1 unspecified atom stereocenters. The van der Waals surface area contributed by atoms with E-state index in [0.29, 0.717) is 6.04 Å². The van der Waals surface area contributed by atoms with Crippen molar-refractivity contribution < 1.29 is 4.79 Å². The summed E-state index contributed by atoms with van der Waals surface area (Å²) >= 11 is 3.41. The molecule has 1 rings (SSSR count). The highest BCUT2D eigenvalue weighted by atomic mass is 79.9. The summed E-state index contributed by atoms with van der Waals surface area (Å²) in [6.07, 6.45) is 2.19. The van der Waals surface area contributed by atoms with Crippen LogP contribution in [0.5, 0.6) is 0 Å². The molecule has 1 heterocycles. The molecular formula is C13H26BrN3O. The Kier molecular flexibility index (Phi) is 6.60. The van der Waals surface area contributed by atoms with Gasteiger partial charge in [-0.2, -0.15) is 0 Å². The molecule has 1 amide bonds. The highest BCUT2D eigenvalue weighted by Crippen LogP contribution is 2.18. The molecule has 0 saturated carbocycles. The minimum atomic E-state index is -0.0840. The van der Waals surface area contributed by atoms with E-state index in [1.165, 1.54) is 0 Å². The van der Waals surface area contributed by atoms with Crippen LogP contribution in [0.25, 0.3) is 0 Å². The molecule has 0 radical (unpaired) electrons. The van der Waals surface area contributed by atoms with Crippen molar-refractivity contribution in [3.63, 3.8) is 0 Å². The lowest BCUT2D eigenvalue weighted by atomic mass is 10.0. The predicted molar refractivity (Wildman–Crippen MR) is 79.2 cm³/mol. The molecule has 0 aromatic heterocycles. The van der Waals surface area contributed by atoms with Gasteiger partial charge in [-0.15, -0.1) is 0 Å². The van der Waals surface area contributed by atoms with Crippen LogP contribution in [0.3, 0.4) is 0 Å². The minimum absolute atomic E-state index is 0.0840. The van der Waals surface area contributed by atoms with Crippen LogP contribution in [0, 0.1) is 0 Å². The van der Waals surface area contributed by atoms with Gasteiger partial charge in [0.2, 0.25) is 5.91 Å². The van der Waals surface area contributed by atoms with E-state index in [2.05, 4.69) is 51.8 Å². The lowest BCUT2D eigenvalue weighted by Crippen LogP contribution is -2.50. The van der Waals surface area contributed by atoms with Gasteiger partial charge in [-0.3, -0.25) is 4.79 Å². The number of likely N-dealkylation sites (N-methyl/N-ethyl adjacent to an activating group) is 1. The van der Waals surface area contributed by atoms with Gasteiger partial charge in [0.1, 0.15) is 0 Å². The Morgan fingerprint density at radius 1 is 1.33 bits per heavy atom. The van der Waals surface area contributed by atoms with E-state index in [0.717, 1.165) is 39.0 Å². The first-order valence-corrected chi connectivity index (χ1v) is 7.61. The Bertz CT molecular complexity index is 263. The molecule has 0 N–H and O–H groups in total. The Morgan fingerprint density at radius 3 is 2.33 bits per heavy atom. The third-order valence-electron chi connectivity index (χ3n) is 3.54. The molecule has 1 fully saturated rings. The van der Waals surface area contributed by atoms with Gasteiger partial charge in [-0.25, -0.2) is 0 Å². The monoisotopic (exact) mass is 319 g/mol. The number of carbonyl (C=O) groups excluding carboxylic acids is 1. The number of amides is 1. The maximum absolute atomic E-state index is 12.3. The molecule has 5 heteroatoms. The Labute approximate surface area is 119 Å². The van der Waals surface area contributed by atoms with Crippen molar-refractivity contribution >= 4 is 21.8 Å². The molecule has 1 saturated heterocycles. The number of carbonyl (C=O) groups is 1. The lowest BCUT2D eigenvalue weighted by molar-refractivity contribution is -0.133. The molecule has 18 heavy (non-hydrogen) atoms. The van der Waals surface area contributed by atoms with Crippen molar-refractivity contribution in [1.29, 1.82) is 0 Å². The number of nitrogens with zero attached hydrogens (tertiary/aromatic N) is 3. The number of hydrogen-bond donors (Lipinski definition) is 0. The highest BCUT2D eigenvalue weighted by Gasteiger charge is 2.28. The van der Waals surface area contributed by atoms with Gasteiger partial charge < -0.3 is 14.7 Å². The minimum Gasteiger partial charge on any atom is -0.337 e. The van der Waals surface area contributed by atoms with Crippen LogP contribution in [0.1, 0.15) is 19.8 Å². The highest BCUT2D eigenvalue weighted by molar-refractivity contribution is 9.10. The molecular weight excluding hydrogens is 294 g/mol. The van der Waals surface area contributed by atoms with Crippen LogP contribution in [0.4, 0.5) is 0 Å². The summed E-state index contributed by atoms with van der Waals surface area (Å²) in [7, 11) is 6.25. The largest absolute Gasteiger partial charge is 0.337 e. The van der Waals surface area contributed by atoms with Crippen LogP contribution in [-0.4, -0.2) is 78.8 Å². The standard InChI is InChI=1S/C13H26BrN3O/c1-11(14)13(18)17(10-9-15(2)3)12-5-7-16(4)8-6-12/h11-12H,5-10H2,1-4H3. The van der Waals surface area contributed by atoms with Crippen molar-refractivity contribution in [2.45, 2.75) is 30.6 Å². The van der Waals surface area contributed by atoms with Gasteiger partial charge in [0.15, 0.2) is 0 Å². The lowest BCUT2D eigenvalue weighted by Gasteiger charge is -2.38. The Morgan fingerprint density at radius 2 is 1.89 bits per heavy atom. The zero-order valence-electron chi connectivity index (χ0n) is 12.0. The first kappa shape index (κ1) is 15.9. The number of alkyl halides is 1. The van der Waals surface area contributed by atoms with Crippen molar-refractivity contribution in [1.82, 2.24) is 14.7 Å². The van der Waals surface area contributed by atoms with Crippen LogP contribution in [0.15, 0.2) is 0 Å². The van der Waals surface area contributed by atoms with Crippen LogP contribution < -0.4 is 0 Å². The van der Waals surface area contributed by atoms with Gasteiger partial charge >= 0.3 is 0 Å². The fraction of sp³-hybridized carbons (Fsp3) is 0.923. The normalized spacial score (nSPS) is 20.1. The smallest absolute Gasteiger partial charge is 0.236 e. The maximum Gasteiger partial charge on any atom is 0.236 e. The Hall–Kier alpha value is -0.130. The van der Waals surface area contributed by atoms with Crippen LogP contribution in [0.2, 0.25) is 0 Å². The number of piperidine rings is 1. The molecule has 1 aliphatic heterocycles. The molecule has 0 aromatic rings. The van der Waals surface area contributed by atoms with Crippen LogP contribution >= 0.6 is 15.9 Å². The molecule has 1 atom stereocenters. The summed E-state index contributed by atoms with van der Waals surface area (Å²) in [4.78, 5) is 18.7. The Balaban J connectivity index is 2.61. The molecule has 0 spiro atoms. The number of likely N-dealkylation sites (tertiary alicyclic amines) is 1. The quantitative estimate of drug-likeness (QED) is 0.714. The zero-order chi connectivity index (χ0) is 13.7. The third-order valence-corrected chi connectivity index (χ3v) is 3.93. The van der Waals surface area contributed by atoms with Crippen molar-refractivity contribution in [3.05, 3.63) is 0 Å². The van der Waals surface area contributed by atoms with E-state index in [4.69, 9.17) is 0 Å². The first-order chi connectivity index (χ1) is 8.41. The van der Waals surface area contributed by atoms with Gasteiger partial charge in [0.25, 0.3) is 0 Å².